The Balaban J connectivity index is 1.59. The summed E-state index contributed by atoms with van der Waals surface area (Å²) in [7, 11) is 0. The van der Waals surface area contributed by atoms with E-state index in [0.29, 0.717) is 12.8 Å². The number of carbonyl (C=O) groups is 2. The van der Waals surface area contributed by atoms with Crippen molar-refractivity contribution in [3.63, 3.8) is 0 Å². The van der Waals surface area contributed by atoms with E-state index < -0.39 is 5.97 Å². The van der Waals surface area contributed by atoms with Crippen LogP contribution in [0.25, 0.3) is 0 Å². The number of urea groups is 1. The molecular weight excluding hydrogens is 304 g/mol. The number of fused-ring (bicyclic) bond motifs is 1. The minimum atomic E-state index is -0.718. The maximum absolute atomic E-state index is 12.5. The Bertz CT molecular complexity index is 623. The summed E-state index contributed by atoms with van der Waals surface area (Å²) in [4.78, 5) is 23.5. The fraction of sp³-hybridized carbons (Fsp3) is 0.579. The fourth-order valence-corrected chi connectivity index (χ4v) is 4.13. The largest absolute Gasteiger partial charge is 0.481 e. The second-order valence-corrected chi connectivity index (χ2v) is 7.33. The van der Waals surface area contributed by atoms with Gasteiger partial charge in [0.15, 0.2) is 0 Å². The van der Waals surface area contributed by atoms with E-state index in [4.69, 9.17) is 5.11 Å². The summed E-state index contributed by atoms with van der Waals surface area (Å²) < 4.78 is 0. The topological polar surface area (TPSA) is 78.4 Å². The maximum atomic E-state index is 12.5. The summed E-state index contributed by atoms with van der Waals surface area (Å²) >= 11 is 0. The van der Waals surface area contributed by atoms with E-state index in [1.54, 1.807) is 0 Å². The van der Waals surface area contributed by atoms with Crippen molar-refractivity contribution >= 4 is 12.0 Å². The van der Waals surface area contributed by atoms with Gasteiger partial charge in [0.25, 0.3) is 0 Å². The molecule has 2 aliphatic carbocycles. The number of aryl methyl sites for hydroxylation is 1. The Morgan fingerprint density at radius 3 is 2.58 bits per heavy atom. The monoisotopic (exact) mass is 330 g/mol. The summed E-state index contributed by atoms with van der Waals surface area (Å²) in [6, 6.07) is 8.24. The number of amides is 2. The molecule has 2 amide bonds. The summed E-state index contributed by atoms with van der Waals surface area (Å²) in [5.41, 5.74) is 2.19. The zero-order chi connectivity index (χ0) is 17.2. The molecule has 2 aliphatic rings. The first-order valence-electron chi connectivity index (χ1n) is 8.88. The van der Waals surface area contributed by atoms with Gasteiger partial charge < -0.3 is 15.7 Å². The third-order valence-corrected chi connectivity index (χ3v) is 5.54. The van der Waals surface area contributed by atoms with Crippen LogP contribution in [0.15, 0.2) is 24.3 Å². The second-order valence-electron chi connectivity index (χ2n) is 7.33. The lowest BCUT2D eigenvalue weighted by atomic mass is 9.78. The molecule has 1 aromatic carbocycles. The van der Waals surface area contributed by atoms with Gasteiger partial charge in [0, 0.05) is 6.04 Å². The van der Waals surface area contributed by atoms with Crippen LogP contribution in [0.2, 0.25) is 0 Å². The molecule has 0 radical (unpaired) electrons. The molecule has 0 saturated heterocycles. The molecule has 1 fully saturated rings. The van der Waals surface area contributed by atoms with Gasteiger partial charge in [0.2, 0.25) is 0 Å². The quantitative estimate of drug-likeness (QED) is 0.796. The van der Waals surface area contributed by atoms with Gasteiger partial charge in [-0.05, 0) is 63.0 Å². The molecule has 3 rings (SSSR count). The highest BCUT2D eigenvalue weighted by molar-refractivity contribution is 5.75. The van der Waals surface area contributed by atoms with Gasteiger partial charge in [0.1, 0.15) is 0 Å². The van der Waals surface area contributed by atoms with Crippen LogP contribution >= 0.6 is 0 Å². The molecule has 130 valence electrons. The molecule has 5 nitrogen and oxygen atoms in total. The summed E-state index contributed by atoms with van der Waals surface area (Å²) in [6.07, 6.45) is 5.81. The van der Waals surface area contributed by atoms with Crippen LogP contribution in [0.1, 0.15) is 56.6 Å². The Kier molecular flexibility index (Phi) is 4.78. The molecule has 0 aromatic heterocycles. The van der Waals surface area contributed by atoms with E-state index in [1.165, 1.54) is 11.1 Å². The zero-order valence-corrected chi connectivity index (χ0v) is 14.2. The molecule has 5 heteroatoms. The Morgan fingerprint density at radius 1 is 1.17 bits per heavy atom. The van der Waals surface area contributed by atoms with Crippen molar-refractivity contribution in [1.29, 1.82) is 0 Å². The Labute approximate surface area is 142 Å². The van der Waals surface area contributed by atoms with E-state index in [0.717, 1.165) is 32.1 Å². The van der Waals surface area contributed by atoms with Gasteiger partial charge in [-0.2, -0.15) is 0 Å². The van der Waals surface area contributed by atoms with Crippen molar-refractivity contribution in [2.75, 3.05) is 0 Å². The molecule has 3 N–H and O–H groups in total. The molecule has 0 spiro atoms. The average molecular weight is 330 g/mol. The van der Waals surface area contributed by atoms with E-state index >= 15 is 0 Å². The van der Waals surface area contributed by atoms with Crippen LogP contribution in [0.3, 0.4) is 0 Å². The average Bonchev–Trinajstić information content (AvgIpc) is 2.55. The van der Waals surface area contributed by atoms with Crippen LogP contribution in [-0.4, -0.2) is 23.1 Å². The highest BCUT2D eigenvalue weighted by Gasteiger charge is 2.34. The van der Waals surface area contributed by atoms with E-state index in [1.807, 2.05) is 12.1 Å². The van der Waals surface area contributed by atoms with Crippen molar-refractivity contribution in [3.8, 4) is 0 Å². The maximum Gasteiger partial charge on any atom is 0.315 e. The molecule has 24 heavy (non-hydrogen) atoms. The highest BCUT2D eigenvalue weighted by atomic mass is 16.4. The molecule has 1 saturated carbocycles. The van der Waals surface area contributed by atoms with Gasteiger partial charge in [-0.3, -0.25) is 4.79 Å². The number of carbonyl (C=O) groups excluding carboxylic acids is 1. The van der Waals surface area contributed by atoms with Gasteiger partial charge in [0.05, 0.1) is 11.5 Å². The first kappa shape index (κ1) is 16.8. The highest BCUT2D eigenvalue weighted by Crippen LogP contribution is 2.34. The van der Waals surface area contributed by atoms with Crippen LogP contribution in [0, 0.1) is 5.92 Å². The lowest BCUT2D eigenvalue weighted by Gasteiger charge is -2.37. The fourth-order valence-electron chi connectivity index (χ4n) is 4.13. The van der Waals surface area contributed by atoms with Crippen molar-refractivity contribution in [1.82, 2.24) is 10.6 Å². The predicted octanol–water partition coefficient (Wildman–Crippen LogP) is 3.18. The van der Waals surface area contributed by atoms with Crippen LogP contribution in [-0.2, 0) is 16.8 Å². The standard InChI is InChI=1S/C19H26N2O3/c1-19(12-4-6-13-5-2-3-7-16(13)19)21-18(24)20-15-10-8-14(9-11-15)17(22)23/h2-3,5,7,14-15H,4,6,8-12H2,1H3,(H,22,23)(H2,20,21,24). The lowest BCUT2D eigenvalue weighted by molar-refractivity contribution is -0.142. The molecule has 0 aliphatic heterocycles. The van der Waals surface area contributed by atoms with Crippen molar-refractivity contribution in [2.24, 2.45) is 5.92 Å². The molecule has 1 atom stereocenters. The van der Waals surface area contributed by atoms with Crippen molar-refractivity contribution in [3.05, 3.63) is 35.4 Å². The number of rotatable bonds is 3. The van der Waals surface area contributed by atoms with Gasteiger partial charge >= 0.3 is 12.0 Å². The van der Waals surface area contributed by atoms with Gasteiger partial charge in [-0.25, -0.2) is 4.79 Å². The third kappa shape index (κ3) is 3.55. The Hall–Kier alpha value is -2.04. The molecular formula is C19H26N2O3. The van der Waals surface area contributed by atoms with Gasteiger partial charge in [-0.1, -0.05) is 24.3 Å². The molecule has 1 aromatic rings. The molecule has 0 heterocycles. The van der Waals surface area contributed by atoms with Crippen LogP contribution < -0.4 is 10.6 Å². The van der Waals surface area contributed by atoms with Crippen molar-refractivity contribution in [2.45, 2.75) is 63.5 Å². The van der Waals surface area contributed by atoms with Gasteiger partial charge in [-0.15, -0.1) is 0 Å². The predicted molar refractivity (Wildman–Crippen MR) is 91.8 cm³/mol. The zero-order valence-electron chi connectivity index (χ0n) is 14.2. The number of nitrogens with one attached hydrogen (secondary N) is 2. The first-order chi connectivity index (χ1) is 11.5. The van der Waals surface area contributed by atoms with Crippen LogP contribution in [0.5, 0.6) is 0 Å². The van der Waals surface area contributed by atoms with E-state index in [2.05, 4.69) is 29.7 Å². The number of benzene rings is 1. The number of hydrogen-bond donors (Lipinski definition) is 3. The van der Waals surface area contributed by atoms with E-state index in [-0.39, 0.29) is 23.5 Å². The summed E-state index contributed by atoms with van der Waals surface area (Å²) in [6.45, 7) is 2.09. The normalized spacial score (nSPS) is 29.4. The first-order valence-corrected chi connectivity index (χ1v) is 8.88. The van der Waals surface area contributed by atoms with E-state index in [9.17, 15) is 9.59 Å². The molecule has 0 bridgehead atoms. The minimum absolute atomic E-state index is 0.0723. The minimum Gasteiger partial charge on any atom is -0.481 e. The SMILES string of the molecule is CC1(NC(=O)NC2CCC(C(=O)O)CC2)CCCc2ccccc21. The van der Waals surface area contributed by atoms with Crippen LogP contribution in [0.4, 0.5) is 4.79 Å². The third-order valence-electron chi connectivity index (χ3n) is 5.54. The summed E-state index contributed by atoms with van der Waals surface area (Å²) in [5.74, 6) is -0.974. The molecule has 1 unspecified atom stereocenters. The number of carboxylic acids is 1. The summed E-state index contributed by atoms with van der Waals surface area (Å²) in [5, 5.41) is 15.3. The number of carboxylic acid groups (broad SMARTS) is 1. The second kappa shape index (κ2) is 6.83. The lowest BCUT2D eigenvalue weighted by Crippen LogP contribution is -2.52. The number of aliphatic carboxylic acids is 1. The van der Waals surface area contributed by atoms with Crippen molar-refractivity contribution < 1.29 is 14.7 Å². The number of hydrogen-bond acceptors (Lipinski definition) is 2. The Morgan fingerprint density at radius 2 is 1.88 bits per heavy atom. The smallest absolute Gasteiger partial charge is 0.315 e.